The van der Waals surface area contributed by atoms with Crippen molar-refractivity contribution in [1.82, 2.24) is 20.2 Å². The number of anilines is 1. The van der Waals surface area contributed by atoms with Gasteiger partial charge in [-0.3, -0.25) is 0 Å². The maximum Gasteiger partial charge on any atom is 0.143 e. The standard InChI is InChI=1S/C14H19N5O/c1-20-14-8-3-2-7-13(14)16-11-5-4-6-12(9-11)19-10-15-17-18-19/h4-6,9-10,13-14,16H,2-3,7-8H2,1H3. The van der Waals surface area contributed by atoms with E-state index in [9.17, 15) is 0 Å². The minimum Gasteiger partial charge on any atom is -0.380 e. The van der Waals surface area contributed by atoms with Gasteiger partial charge in [0.15, 0.2) is 0 Å². The summed E-state index contributed by atoms with van der Waals surface area (Å²) >= 11 is 0. The number of methoxy groups -OCH3 is 1. The number of aromatic nitrogens is 4. The van der Waals surface area contributed by atoms with Crippen molar-refractivity contribution in [2.75, 3.05) is 12.4 Å². The van der Waals surface area contributed by atoms with E-state index < -0.39 is 0 Å². The fraction of sp³-hybridized carbons (Fsp3) is 0.500. The largest absolute Gasteiger partial charge is 0.380 e. The Hall–Kier alpha value is -1.95. The summed E-state index contributed by atoms with van der Waals surface area (Å²) in [6, 6.07) is 8.48. The van der Waals surface area contributed by atoms with Gasteiger partial charge in [-0.1, -0.05) is 18.9 Å². The second-order valence-electron chi connectivity index (χ2n) is 5.11. The van der Waals surface area contributed by atoms with E-state index in [4.69, 9.17) is 4.74 Å². The summed E-state index contributed by atoms with van der Waals surface area (Å²) < 4.78 is 7.23. The Labute approximate surface area is 118 Å². The first-order valence-corrected chi connectivity index (χ1v) is 6.99. The molecule has 1 aromatic carbocycles. The summed E-state index contributed by atoms with van der Waals surface area (Å²) in [5, 5.41) is 14.8. The summed E-state index contributed by atoms with van der Waals surface area (Å²) in [7, 11) is 1.79. The van der Waals surface area contributed by atoms with E-state index >= 15 is 0 Å². The molecule has 2 unspecified atom stereocenters. The maximum absolute atomic E-state index is 5.58. The summed E-state index contributed by atoms with van der Waals surface area (Å²) in [5.41, 5.74) is 2.02. The van der Waals surface area contributed by atoms with E-state index in [0.29, 0.717) is 12.1 Å². The lowest BCUT2D eigenvalue weighted by molar-refractivity contribution is 0.0606. The van der Waals surface area contributed by atoms with Crippen LogP contribution in [0.5, 0.6) is 0 Å². The Bertz CT molecular complexity index is 542. The summed E-state index contributed by atoms with van der Waals surface area (Å²) in [6.45, 7) is 0. The molecule has 2 aromatic rings. The summed E-state index contributed by atoms with van der Waals surface area (Å²) in [6.07, 6.45) is 6.66. The Morgan fingerprint density at radius 3 is 3.00 bits per heavy atom. The molecular weight excluding hydrogens is 254 g/mol. The molecule has 1 aromatic heterocycles. The van der Waals surface area contributed by atoms with Crippen molar-refractivity contribution in [3.8, 4) is 5.69 Å². The quantitative estimate of drug-likeness (QED) is 0.923. The lowest BCUT2D eigenvalue weighted by Crippen LogP contribution is -2.37. The average molecular weight is 273 g/mol. The van der Waals surface area contributed by atoms with E-state index in [1.54, 1.807) is 18.1 Å². The molecule has 1 N–H and O–H groups in total. The molecule has 1 aliphatic carbocycles. The Balaban J connectivity index is 1.75. The van der Waals surface area contributed by atoms with Crippen molar-refractivity contribution >= 4 is 5.69 Å². The number of benzene rings is 1. The molecule has 1 saturated carbocycles. The first-order valence-electron chi connectivity index (χ1n) is 6.99. The van der Waals surface area contributed by atoms with Crippen molar-refractivity contribution in [2.24, 2.45) is 0 Å². The second-order valence-corrected chi connectivity index (χ2v) is 5.11. The number of nitrogens with zero attached hydrogens (tertiary/aromatic N) is 4. The maximum atomic E-state index is 5.58. The van der Waals surface area contributed by atoms with Gasteiger partial charge in [0.25, 0.3) is 0 Å². The number of rotatable bonds is 4. The molecule has 0 amide bonds. The third-order valence-electron chi connectivity index (χ3n) is 3.82. The van der Waals surface area contributed by atoms with Crippen molar-refractivity contribution in [3.63, 3.8) is 0 Å². The molecule has 3 rings (SSSR count). The Morgan fingerprint density at radius 2 is 2.20 bits per heavy atom. The van der Waals surface area contributed by atoms with Crippen LogP contribution in [0.1, 0.15) is 25.7 Å². The molecule has 2 atom stereocenters. The molecule has 1 heterocycles. The van der Waals surface area contributed by atoms with Crippen molar-refractivity contribution in [2.45, 2.75) is 37.8 Å². The molecule has 6 heteroatoms. The van der Waals surface area contributed by atoms with E-state index in [1.807, 2.05) is 12.1 Å². The van der Waals surface area contributed by atoms with Gasteiger partial charge in [0.1, 0.15) is 6.33 Å². The Morgan fingerprint density at radius 1 is 1.30 bits per heavy atom. The van der Waals surface area contributed by atoms with Crippen LogP contribution >= 0.6 is 0 Å². The number of tetrazole rings is 1. The van der Waals surface area contributed by atoms with Crippen LogP contribution < -0.4 is 5.32 Å². The number of nitrogens with one attached hydrogen (secondary N) is 1. The summed E-state index contributed by atoms with van der Waals surface area (Å²) in [5.74, 6) is 0. The molecular formula is C14H19N5O. The molecule has 0 saturated heterocycles. The lowest BCUT2D eigenvalue weighted by Gasteiger charge is -2.31. The van der Waals surface area contributed by atoms with Gasteiger partial charge in [-0.2, -0.15) is 0 Å². The van der Waals surface area contributed by atoms with Gasteiger partial charge in [0, 0.05) is 12.8 Å². The van der Waals surface area contributed by atoms with E-state index in [1.165, 1.54) is 12.8 Å². The van der Waals surface area contributed by atoms with E-state index in [2.05, 4.69) is 33.0 Å². The van der Waals surface area contributed by atoms with Crippen LogP contribution in [0.4, 0.5) is 5.69 Å². The van der Waals surface area contributed by atoms with Crippen LogP contribution in [0, 0.1) is 0 Å². The van der Waals surface area contributed by atoms with Crippen LogP contribution in [0.3, 0.4) is 0 Å². The molecule has 1 aliphatic rings. The SMILES string of the molecule is COC1CCCCC1Nc1cccc(-n2cnnn2)c1. The minimum atomic E-state index is 0.292. The van der Waals surface area contributed by atoms with Crippen molar-refractivity contribution < 1.29 is 4.74 Å². The van der Waals surface area contributed by atoms with E-state index in [-0.39, 0.29) is 0 Å². The monoisotopic (exact) mass is 273 g/mol. The molecule has 0 spiro atoms. The van der Waals surface area contributed by atoms with Crippen molar-refractivity contribution in [3.05, 3.63) is 30.6 Å². The predicted octanol–water partition coefficient (Wildman–Crippen LogP) is 2.03. The third kappa shape index (κ3) is 2.80. The number of ether oxygens (including phenoxy) is 1. The van der Waals surface area contributed by atoms with Crippen LogP contribution in [-0.2, 0) is 4.74 Å². The van der Waals surface area contributed by atoms with Gasteiger partial charge in [0.05, 0.1) is 17.8 Å². The zero-order valence-electron chi connectivity index (χ0n) is 11.6. The van der Waals surface area contributed by atoms with Crippen LogP contribution in [0.25, 0.3) is 5.69 Å². The highest BCUT2D eigenvalue weighted by atomic mass is 16.5. The summed E-state index contributed by atoms with van der Waals surface area (Å²) in [4.78, 5) is 0. The average Bonchev–Trinajstić information content (AvgIpc) is 3.02. The molecule has 6 nitrogen and oxygen atoms in total. The van der Waals surface area contributed by atoms with Gasteiger partial charge < -0.3 is 10.1 Å². The van der Waals surface area contributed by atoms with Crippen LogP contribution in [0.2, 0.25) is 0 Å². The smallest absolute Gasteiger partial charge is 0.143 e. The second kappa shape index (κ2) is 6.00. The minimum absolute atomic E-state index is 0.292. The lowest BCUT2D eigenvalue weighted by atomic mass is 9.92. The van der Waals surface area contributed by atoms with Crippen molar-refractivity contribution in [1.29, 1.82) is 0 Å². The Kier molecular flexibility index (Phi) is 3.92. The molecule has 0 aliphatic heterocycles. The topological polar surface area (TPSA) is 64.9 Å². The normalized spacial score (nSPS) is 22.6. The van der Waals surface area contributed by atoms with Gasteiger partial charge in [-0.15, -0.1) is 5.10 Å². The fourth-order valence-corrected chi connectivity index (χ4v) is 2.78. The van der Waals surface area contributed by atoms with Gasteiger partial charge >= 0.3 is 0 Å². The first-order chi connectivity index (χ1) is 9.86. The molecule has 20 heavy (non-hydrogen) atoms. The molecule has 0 radical (unpaired) electrons. The number of hydrogen-bond acceptors (Lipinski definition) is 5. The molecule has 1 fully saturated rings. The van der Waals surface area contributed by atoms with Crippen LogP contribution in [0.15, 0.2) is 30.6 Å². The number of hydrogen-bond donors (Lipinski definition) is 1. The zero-order valence-corrected chi connectivity index (χ0v) is 11.6. The molecule has 0 bridgehead atoms. The van der Waals surface area contributed by atoms with E-state index in [0.717, 1.165) is 24.2 Å². The highest BCUT2D eigenvalue weighted by molar-refractivity contribution is 5.51. The molecule has 106 valence electrons. The highest BCUT2D eigenvalue weighted by Gasteiger charge is 2.24. The van der Waals surface area contributed by atoms with Gasteiger partial charge in [0.2, 0.25) is 0 Å². The predicted molar refractivity (Wildman–Crippen MR) is 75.8 cm³/mol. The van der Waals surface area contributed by atoms with Gasteiger partial charge in [-0.25, -0.2) is 4.68 Å². The fourth-order valence-electron chi connectivity index (χ4n) is 2.78. The van der Waals surface area contributed by atoms with Gasteiger partial charge in [-0.05, 0) is 41.5 Å². The third-order valence-corrected chi connectivity index (χ3v) is 3.82. The highest BCUT2D eigenvalue weighted by Crippen LogP contribution is 2.24. The first kappa shape index (κ1) is 13.1. The zero-order chi connectivity index (χ0) is 13.8. The van der Waals surface area contributed by atoms with Crippen LogP contribution in [-0.4, -0.2) is 39.5 Å².